The number of nitrogens with two attached hydrogens (primary N) is 1. The quantitative estimate of drug-likeness (QED) is 0.858. The highest BCUT2D eigenvalue weighted by molar-refractivity contribution is 5.76. The van der Waals surface area contributed by atoms with Crippen LogP contribution in [0.1, 0.15) is 24.0 Å². The van der Waals surface area contributed by atoms with E-state index in [2.05, 4.69) is 25.1 Å². The summed E-state index contributed by atoms with van der Waals surface area (Å²) in [6.07, 6.45) is 2.36. The third kappa shape index (κ3) is 3.30. The first-order chi connectivity index (χ1) is 8.15. The van der Waals surface area contributed by atoms with Crippen molar-refractivity contribution in [1.29, 1.82) is 0 Å². The number of carbonyl (C=O) groups is 1. The molecule has 0 saturated carbocycles. The number of carbonyl (C=O) groups excluding carboxylic acids is 1. The predicted molar refractivity (Wildman–Crippen MR) is 68.7 cm³/mol. The minimum absolute atomic E-state index is 0.179. The van der Waals surface area contributed by atoms with Crippen molar-refractivity contribution in [3.05, 3.63) is 35.4 Å². The van der Waals surface area contributed by atoms with E-state index in [1.807, 2.05) is 11.0 Å². The normalized spacial score (nSPS) is 19.6. The van der Waals surface area contributed by atoms with E-state index in [0.29, 0.717) is 6.42 Å². The molecule has 1 aliphatic rings. The molecular weight excluding hydrogens is 212 g/mol. The van der Waals surface area contributed by atoms with Gasteiger partial charge in [-0.25, -0.2) is 0 Å². The maximum atomic E-state index is 11.9. The van der Waals surface area contributed by atoms with Crippen molar-refractivity contribution < 1.29 is 4.79 Å². The fraction of sp³-hybridized carbons (Fsp3) is 0.500. The molecule has 1 amide bonds. The lowest BCUT2D eigenvalue weighted by atomic mass is 10.1. The minimum atomic E-state index is 0.179. The van der Waals surface area contributed by atoms with E-state index < -0.39 is 0 Å². The molecule has 2 rings (SSSR count). The van der Waals surface area contributed by atoms with Crippen LogP contribution in [0.25, 0.3) is 0 Å². The Kier molecular flexibility index (Phi) is 3.79. The maximum Gasteiger partial charge on any atom is 0.222 e. The van der Waals surface area contributed by atoms with Crippen LogP contribution in [0.2, 0.25) is 0 Å². The van der Waals surface area contributed by atoms with Gasteiger partial charge in [-0.3, -0.25) is 4.79 Å². The molecule has 1 atom stereocenters. The number of likely N-dealkylation sites (tertiary alicyclic amines) is 1. The molecule has 1 aromatic rings. The van der Waals surface area contributed by atoms with Gasteiger partial charge in [-0.2, -0.15) is 0 Å². The maximum absolute atomic E-state index is 11.9. The first-order valence-corrected chi connectivity index (χ1v) is 6.24. The Bertz CT molecular complexity index is 403. The van der Waals surface area contributed by atoms with Gasteiger partial charge in [0.05, 0.1) is 0 Å². The second-order valence-electron chi connectivity index (χ2n) is 4.88. The van der Waals surface area contributed by atoms with Crippen molar-refractivity contribution in [1.82, 2.24) is 4.90 Å². The van der Waals surface area contributed by atoms with Gasteiger partial charge in [0.15, 0.2) is 0 Å². The van der Waals surface area contributed by atoms with Gasteiger partial charge in [0, 0.05) is 25.6 Å². The molecule has 0 spiro atoms. The van der Waals surface area contributed by atoms with Crippen LogP contribution in [0.5, 0.6) is 0 Å². The summed E-state index contributed by atoms with van der Waals surface area (Å²) in [5, 5.41) is 0. The summed E-state index contributed by atoms with van der Waals surface area (Å²) in [7, 11) is 0. The van der Waals surface area contributed by atoms with Crippen LogP contribution < -0.4 is 5.73 Å². The summed E-state index contributed by atoms with van der Waals surface area (Å²) in [6.45, 7) is 3.63. The van der Waals surface area contributed by atoms with E-state index in [9.17, 15) is 4.79 Å². The monoisotopic (exact) mass is 232 g/mol. The second kappa shape index (κ2) is 5.32. The molecular formula is C14H20N2O. The number of rotatable bonds is 3. The van der Waals surface area contributed by atoms with Crippen molar-refractivity contribution in [2.75, 3.05) is 13.1 Å². The fourth-order valence-corrected chi connectivity index (χ4v) is 2.29. The number of hydrogen-bond acceptors (Lipinski definition) is 2. The van der Waals surface area contributed by atoms with Crippen molar-refractivity contribution in [2.45, 2.75) is 32.2 Å². The molecule has 1 aromatic carbocycles. The van der Waals surface area contributed by atoms with Crippen molar-refractivity contribution >= 4 is 5.91 Å². The highest BCUT2D eigenvalue weighted by atomic mass is 16.2. The zero-order chi connectivity index (χ0) is 12.3. The summed E-state index contributed by atoms with van der Waals surface area (Å²) >= 11 is 0. The summed E-state index contributed by atoms with van der Waals surface area (Å²) in [4.78, 5) is 13.8. The Balaban J connectivity index is 1.84. The van der Waals surface area contributed by atoms with Gasteiger partial charge in [-0.05, 0) is 25.3 Å². The number of benzene rings is 1. The van der Waals surface area contributed by atoms with E-state index in [1.165, 1.54) is 11.1 Å². The van der Waals surface area contributed by atoms with Gasteiger partial charge in [-0.1, -0.05) is 29.8 Å². The Morgan fingerprint density at radius 3 is 3.00 bits per heavy atom. The van der Waals surface area contributed by atoms with E-state index in [1.54, 1.807) is 0 Å². The fourth-order valence-electron chi connectivity index (χ4n) is 2.29. The summed E-state index contributed by atoms with van der Waals surface area (Å²) < 4.78 is 0. The Hall–Kier alpha value is -1.35. The Morgan fingerprint density at radius 2 is 2.35 bits per heavy atom. The minimum Gasteiger partial charge on any atom is -0.341 e. The molecule has 1 aliphatic heterocycles. The number of amides is 1. The Morgan fingerprint density at radius 1 is 1.53 bits per heavy atom. The SMILES string of the molecule is Cc1cccc(CCC(=O)N2CC[C@@H](N)C2)c1. The first-order valence-electron chi connectivity index (χ1n) is 6.24. The van der Waals surface area contributed by atoms with E-state index in [0.717, 1.165) is 25.9 Å². The van der Waals surface area contributed by atoms with Gasteiger partial charge < -0.3 is 10.6 Å². The molecule has 92 valence electrons. The zero-order valence-corrected chi connectivity index (χ0v) is 10.4. The van der Waals surface area contributed by atoms with Gasteiger partial charge in [0.25, 0.3) is 0 Å². The van der Waals surface area contributed by atoms with Crippen LogP contribution >= 0.6 is 0 Å². The van der Waals surface area contributed by atoms with Crippen molar-refractivity contribution in [2.24, 2.45) is 5.73 Å². The predicted octanol–water partition coefficient (Wildman–Crippen LogP) is 1.49. The largest absolute Gasteiger partial charge is 0.341 e. The lowest BCUT2D eigenvalue weighted by Gasteiger charge is -2.15. The molecule has 2 N–H and O–H groups in total. The van der Waals surface area contributed by atoms with Crippen LogP contribution in [0, 0.1) is 6.92 Å². The van der Waals surface area contributed by atoms with Gasteiger partial charge in [-0.15, -0.1) is 0 Å². The van der Waals surface area contributed by atoms with E-state index in [4.69, 9.17) is 5.73 Å². The van der Waals surface area contributed by atoms with Crippen LogP contribution in [0.15, 0.2) is 24.3 Å². The molecule has 3 nitrogen and oxygen atoms in total. The second-order valence-corrected chi connectivity index (χ2v) is 4.88. The lowest BCUT2D eigenvalue weighted by molar-refractivity contribution is -0.130. The molecule has 0 aliphatic carbocycles. The molecule has 0 aromatic heterocycles. The number of aryl methyl sites for hydroxylation is 2. The van der Waals surface area contributed by atoms with Gasteiger partial charge in [0.1, 0.15) is 0 Å². The van der Waals surface area contributed by atoms with Crippen LogP contribution in [0.4, 0.5) is 0 Å². The molecule has 0 radical (unpaired) electrons. The smallest absolute Gasteiger partial charge is 0.222 e. The number of nitrogens with zero attached hydrogens (tertiary/aromatic N) is 1. The van der Waals surface area contributed by atoms with Crippen LogP contribution in [-0.4, -0.2) is 29.9 Å². The summed E-state index contributed by atoms with van der Waals surface area (Å²) in [5.41, 5.74) is 8.28. The van der Waals surface area contributed by atoms with Crippen molar-refractivity contribution in [3.8, 4) is 0 Å². The average molecular weight is 232 g/mol. The van der Waals surface area contributed by atoms with Gasteiger partial charge in [0.2, 0.25) is 5.91 Å². The van der Waals surface area contributed by atoms with Gasteiger partial charge >= 0.3 is 0 Å². The highest BCUT2D eigenvalue weighted by Gasteiger charge is 2.22. The molecule has 1 heterocycles. The molecule has 0 unspecified atom stereocenters. The third-order valence-corrected chi connectivity index (χ3v) is 3.29. The molecule has 0 bridgehead atoms. The van der Waals surface area contributed by atoms with Crippen LogP contribution in [0.3, 0.4) is 0 Å². The zero-order valence-electron chi connectivity index (χ0n) is 10.4. The average Bonchev–Trinajstić information content (AvgIpc) is 2.73. The van der Waals surface area contributed by atoms with Crippen molar-refractivity contribution in [3.63, 3.8) is 0 Å². The van der Waals surface area contributed by atoms with E-state index >= 15 is 0 Å². The lowest BCUT2D eigenvalue weighted by Crippen LogP contribution is -2.31. The third-order valence-electron chi connectivity index (χ3n) is 3.29. The van der Waals surface area contributed by atoms with Crippen LogP contribution in [-0.2, 0) is 11.2 Å². The Labute approximate surface area is 103 Å². The molecule has 17 heavy (non-hydrogen) atoms. The molecule has 1 fully saturated rings. The summed E-state index contributed by atoms with van der Waals surface area (Å²) in [5.74, 6) is 0.236. The summed E-state index contributed by atoms with van der Waals surface area (Å²) in [6, 6.07) is 8.52. The topological polar surface area (TPSA) is 46.3 Å². The van der Waals surface area contributed by atoms with E-state index in [-0.39, 0.29) is 11.9 Å². The highest BCUT2D eigenvalue weighted by Crippen LogP contribution is 2.11. The standard InChI is InChI=1S/C14H20N2O/c1-11-3-2-4-12(9-11)5-6-14(17)16-8-7-13(15)10-16/h2-4,9,13H,5-8,10,15H2,1H3/t13-/m1/s1. The molecule has 1 saturated heterocycles. The molecule has 3 heteroatoms. The first kappa shape index (κ1) is 12.1. The number of hydrogen-bond donors (Lipinski definition) is 1.